The van der Waals surface area contributed by atoms with Crippen LogP contribution in [0.2, 0.25) is 0 Å². The summed E-state index contributed by atoms with van der Waals surface area (Å²) in [6, 6.07) is 0. The number of fused-ring (bicyclic) bond motifs is 1. The Morgan fingerprint density at radius 2 is 2.06 bits per heavy atom. The number of carbonyl (C=O) groups is 3. The molecule has 0 aromatic rings. The second-order valence-electron chi connectivity index (χ2n) is 4.40. The van der Waals surface area contributed by atoms with Crippen molar-refractivity contribution in [3.8, 4) is 0 Å². The van der Waals surface area contributed by atoms with Crippen LogP contribution in [0, 0.1) is 0 Å². The largest absolute Gasteiger partial charge is 0.480 e. The van der Waals surface area contributed by atoms with Gasteiger partial charge in [0.1, 0.15) is 5.54 Å². The molecule has 8 heteroatoms. The van der Waals surface area contributed by atoms with E-state index in [1.165, 1.54) is 4.90 Å². The molecular weight excluding hydrogens is 232 g/mol. The Morgan fingerprint density at radius 3 is 2.71 bits per heavy atom. The summed E-state index contributed by atoms with van der Waals surface area (Å²) < 4.78 is 0. The van der Waals surface area contributed by atoms with Gasteiger partial charge in [-0.1, -0.05) is 0 Å². The number of hydrogen-bond donors (Lipinski definition) is 1. The molecule has 0 spiro atoms. The van der Waals surface area contributed by atoms with Gasteiger partial charge in [0, 0.05) is 11.8 Å². The van der Waals surface area contributed by atoms with Gasteiger partial charge in [-0.2, -0.15) is 0 Å². The highest BCUT2D eigenvalue weighted by Gasteiger charge is 2.50. The van der Waals surface area contributed by atoms with Crippen LogP contribution in [0.4, 0.5) is 0 Å². The Labute approximate surface area is 96.6 Å². The SMILES string of the molecule is CC12CC(=O)ON1OC(=O)CN(CC(=O)O)C2. The second kappa shape index (κ2) is 3.97. The van der Waals surface area contributed by atoms with Crippen molar-refractivity contribution in [1.82, 2.24) is 10.1 Å². The predicted molar refractivity (Wildman–Crippen MR) is 51.1 cm³/mol. The predicted octanol–water partition coefficient (Wildman–Crippen LogP) is -1.23. The molecule has 1 atom stereocenters. The fourth-order valence-electron chi connectivity index (χ4n) is 2.00. The molecule has 17 heavy (non-hydrogen) atoms. The molecule has 0 amide bonds. The van der Waals surface area contributed by atoms with Crippen LogP contribution in [-0.4, -0.2) is 58.3 Å². The minimum absolute atomic E-state index is 0.0520. The number of carbonyl (C=O) groups excluding carboxylic acids is 2. The van der Waals surface area contributed by atoms with E-state index in [4.69, 9.17) is 14.8 Å². The third kappa shape index (κ3) is 2.37. The second-order valence-corrected chi connectivity index (χ2v) is 4.40. The van der Waals surface area contributed by atoms with Crippen LogP contribution < -0.4 is 0 Å². The first-order chi connectivity index (χ1) is 7.89. The molecule has 0 aromatic heterocycles. The van der Waals surface area contributed by atoms with E-state index >= 15 is 0 Å². The Balaban J connectivity index is 2.17. The van der Waals surface area contributed by atoms with Crippen molar-refractivity contribution in [2.75, 3.05) is 19.6 Å². The van der Waals surface area contributed by atoms with Crippen molar-refractivity contribution >= 4 is 17.9 Å². The lowest BCUT2D eigenvalue weighted by molar-refractivity contribution is -0.336. The van der Waals surface area contributed by atoms with Crippen molar-refractivity contribution in [2.45, 2.75) is 18.9 Å². The minimum atomic E-state index is -1.04. The highest BCUT2D eigenvalue weighted by Crippen LogP contribution is 2.31. The molecule has 1 unspecified atom stereocenters. The lowest BCUT2D eigenvalue weighted by atomic mass is 9.99. The quantitative estimate of drug-likeness (QED) is 0.644. The normalized spacial score (nSPS) is 30.4. The molecule has 2 heterocycles. The molecule has 0 bridgehead atoms. The Kier molecular flexibility index (Phi) is 2.76. The molecule has 0 radical (unpaired) electrons. The number of carboxylic acids is 1. The Bertz CT molecular complexity index is 384. The number of rotatable bonds is 2. The van der Waals surface area contributed by atoms with Crippen molar-refractivity contribution < 1.29 is 29.2 Å². The number of nitrogens with zero attached hydrogens (tertiary/aromatic N) is 2. The number of carboxylic acid groups (broad SMARTS) is 1. The van der Waals surface area contributed by atoms with E-state index in [-0.39, 0.29) is 26.1 Å². The molecule has 94 valence electrons. The van der Waals surface area contributed by atoms with Gasteiger partial charge in [-0.3, -0.25) is 14.5 Å². The molecular formula is C9H12N2O6. The zero-order valence-corrected chi connectivity index (χ0v) is 9.21. The summed E-state index contributed by atoms with van der Waals surface area (Å²) in [5, 5.41) is 9.59. The standard InChI is InChI=1S/C9H12N2O6/c1-9-2-7(14)16-11(9)17-8(15)4-10(5-9)3-6(12)13/h2-5H2,1H3,(H,12,13). The smallest absolute Gasteiger partial charge is 0.343 e. The van der Waals surface area contributed by atoms with Crippen molar-refractivity contribution in [3.63, 3.8) is 0 Å². The van der Waals surface area contributed by atoms with Crippen LogP contribution in [0.5, 0.6) is 0 Å². The van der Waals surface area contributed by atoms with Gasteiger partial charge in [0.05, 0.1) is 19.5 Å². The maximum Gasteiger partial charge on any atom is 0.343 e. The first-order valence-corrected chi connectivity index (χ1v) is 5.05. The van der Waals surface area contributed by atoms with Gasteiger partial charge in [0.25, 0.3) is 0 Å². The van der Waals surface area contributed by atoms with E-state index in [1.54, 1.807) is 6.92 Å². The molecule has 0 saturated carbocycles. The molecule has 2 rings (SSSR count). The highest BCUT2D eigenvalue weighted by atomic mass is 17.0. The maximum absolute atomic E-state index is 11.4. The molecule has 2 saturated heterocycles. The third-order valence-corrected chi connectivity index (χ3v) is 2.61. The van der Waals surface area contributed by atoms with Crippen molar-refractivity contribution in [3.05, 3.63) is 0 Å². The van der Waals surface area contributed by atoms with Crippen molar-refractivity contribution in [2.24, 2.45) is 0 Å². The summed E-state index contributed by atoms with van der Waals surface area (Å²) in [5.74, 6) is -2.19. The first kappa shape index (κ1) is 11.8. The van der Waals surface area contributed by atoms with Gasteiger partial charge in [0.2, 0.25) is 0 Å². The van der Waals surface area contributed by atoms with E-state index in [1.807, 2.05) is 0 Å². The van der Waals surface area contributed by atoms with E-state index in [0.717, 1.165) is 5.23 Å². The third-order valence-electron chi connectivity index (χ3n) is 2.61. The van der Waals surface area contributed by atoms with Gasteiger partial charge in [0.15, 0.2) is 0 Å². The first-order valence-electron chi connectivity index (χ1n) is 5.05. The highest BCUT2D eigenvalue weighted by molar-refractivity contribution is 5.76. The average molecular weight is 244 g/mol. The maximum atomic E-state index is 11.4. The van der Waals surface area contributed by atoms with E-state index in [0.29, 0.717) is 0 Å². The molecule has 2 fully saturated rings. The fraction of sp³-hybridized carbons (Fsp3) is 0.667. The number of hydrogen-bond acceptors (Lipinski definition) is 7. The van der Waals surface area contributed by atoms with Gasteiger partial charge >= 0.3 is 17.9 Å². The minimum Gasteiger partial charge on any atom is -0.480 e. The van der Waals surface area contributed by atoms with E-state index in [2.05, 4.69) is 0 Å². The zero-order valence-electron chi connectivity index (χ0n) is 9.21. The van der Waals surface area contributed by atoms with Gasteiger partial charge in [-0.05, 0) is 6.92 Å². The molecule has 0 aromatic carbocycles. The van der Waals surface area contributed by atoms with Crippen LogP contribution in [-0.2, 0) is 24.1 Å². The molecule has 8 nitrogen and oxygen atoms in total. The van der Waals surface area contributed by atoms with Crippen LogP contribution in [0.3, 0.4) is 0 Å². The lowest BCUT2D eigenvalue weighted by Crippen LogP contribution is -2.47. The monoisotopic (exact) mass is 244 g/mol. The fourth-order valence-corrected chi connectivity index (χ4v) is 2.00. The van der Waals surface area contributed by atoms with Gasteiger partial charge < -0.3 is 14.8 Å². The topological polar surface area (TPSA) is 96.4 Å². The summed E-state index contributed by atoms with van der Waals surface area (Å²) in [7, 11) is 0. The molecule has 0 aliphatic carbocycles. The Hall–Kier alpha value is -1.67. The van der Waals surface area contributed by atoms with Crippen LogP contribution in [0.1, 0.15) is 13.3 Å². The molecule has 2 aliphatic rings. The van der Waals surface area contributed by atoms with E-state index in [9.17, 15) is 14.4 Å². The summed E-state index contributed by atoms with van der Waals surface area (Å²) in [6.45, 7) is 1.45. The molecule has 1 N–H and O–H groups in total. The van der Waals surface area contributed by atoms with Gasteiger partial charge in [-0.15, -0.1) is 0 Å². The molecule has 2 aliphatic heterocycles. The summed E-state index contributed by atoms with van der Waals surface area (Å²) >= 11 is 0. The zero-order chi connectivity index (χ0) is 12.6. The van der Waals surface area contributed by atoms with Gasteiger partial charge in [-0.25, -0.2) is 4.79 Å². The summed E-state index contributed by atoms with van der Waals surface area (Å²) in [5.41, 5.74) is -0.835. The van der Waals surface area contributed by atoms with Crippen LogP contribution >= 0.6 is 0 Å². The number of aliphatic carboxylic acids is 1. The average Bonchev–Trinajstić information content (AvgIpc) is 2.32. The van der Waals surface area contributed by atoms with Crippen LogP contribution in [0.25, 0.3) is 0 Å². The number of hydroxylamine groups is 2. The summed E-state index contributed by atoms with van der Waals surface area (Å²) in [4.78, 5) is 44.2. The van der Waals surface area contributed by atoms with E-state index < -0.39 is 23.4 Å². The summed E-state index contributed by atoms with van der Waals surface area (Å²) in [6.07, 6.45) is 0.0520. The Morgan fingerprint density at radius 1 is 1.41 bits per heavy atom. The lowest BCUT2D eigenvalue weighted by Gasteiger charge is -2.28. The van der Waals surface area contributed by atoms with Crippen LogP contribution in [0.15, 0.2) is 0 Å². The van der Waals surface area contributed by atoms with Crippen molar-refractivity contribution in [1.29, 1.82) is 0 Å².